The summed E-state index contributed by atoms with van der Waals surface area (Å²) in [5, 5.41) is 0. The van der Waals surface area contributed by atoms with Crippen molar-refractivity contribution in [1.29, 1.82) is 0 Å². The molecule has 1 unspecified atom stereocenters. The van der Waals surface area contributed by atoms with Crippen LogP contribution in [0.15, 0.2) is 4.99 Å². The Balaban J connectivity index is 2.98. The molecule has 2 nitrogen and oxygen atoms in total. The van der Waals surface area contributed by atoms with Crippen LogP contribution in [0, 0.1) is 0 Å². The molecule has 0 amide bonds. The summed E-state index contributed by atoms with van der Waals surface area (Å²) in [7, 11) is 1.65. The van der Waals surface area contributed by atoms with Gasteiger partial charge in [-0.3, -0.25) is 4.99 Å². The van der Waals surface area contributed by atoms with Crippen molar-refractivity contribution in [3.05, 3.63) is 0 Å². The third kappa shape index (κ3) is 3.46. The number of ether oxygens (including phenoxy) is 1. The van der Waals surface area contributed by atoms with Gasteiger partial charge in [0.25, 0.3) is 0 Å². The van der Waals surface area contributed by atoms with E-state index in [2.05, 4.69) is 11.7 Å². The van der Waals surface area contributed by atoms with Gasteiger partial charge in [0.2, 0.25) is 0 Å². The zero-order valence-corrected chi connectivity index (χ0v) is 4.85. The summed E-state index contributed by atoms with van der Waals surface area (Å²) >= 11 is 0. The summed E-state index contributed by atoms with van der Waals surface area (Å²) in [6, 6.07) is 0.241. The number of aliphatic imine (C=N–C) groups is 1. The molecule has 0 heterocycles. The summed E-state index contributed by atoms with van der Waals surface area (Å²) < 4.78 is 4.76. The number of hydrogen-bond acceptors (Lipinski definition) is 2. The Bertz CT molecular complexity index is 54.0. The average molecular weight is 101 g/mol. The van der Waals surface area contributed by atoms with Crippen LogP contribution in [0.1, 0.15) is 6.92 Å². The maximum absolute atomic E-state index is 4.76. The molecule has 7 heavy (non-hydrogen) atoms. The molecule has 0 N–H and O–H groups in total. The molecule has 0 rings (SSSR count). The van der Waals surface area contributed by atoms with Crippen LogP contribution in [0.2, 0.25) is 0 Å². The molecule has 0 aromatic rings. The topological polar surface area (TPSA) is 21.6 Å². The minimum atomic E-state index is 0.241. The molecule has 0 radical (unpaired) electrons. The lowest BCUT2D eigenvalue weighted by Crippen LogP contribution is -2.05. The lowest BCUT2D eigenvalue weighted by molar-refractivity contribution is 0.186. The van der Waals surface area contributed by atoms with E-state index in [0.29, 0.717) is 6.61 Å². The van der Waals surface area contributed by atoms with Crippen molar-refractivity contribution in [2.45, 2.75) is 13.0 Å². The van der Waals surface area contributed by atoms with Gasteiger partial charge in [0.05, 0.1) is 12.6 Å². The Hall–Kier alpha value is -0.370. The monoisotopic (exact) mass is 101 g/mol. The molecule has 0 saturated heterocycles. The van der Waals surface area contributed by atoms with E-state index in [1.54, 1.807) is 7.11 Å². The molecule has 0 spiro atoms. The first-order chi connectivity index (χ1) is 3.31. The Morgan fingerprint density at radius 3 is 2.57 bits per heavy atom. The van der Waals surface area contributed by atoms with Crippen molar-refractivity contribution in [3.63, 3.8) is 0 Å². The van der Waals surface area contributed by atoms with Gasteiger partial charge in [-0.05, 0) is 13.6 Å². The van der Waals surface area contributed by atoms with Gasteiger partial charge in [-0.15, -0.1) is 0 Å². The number of hydrogen-bond donors (Lipinski definition) is 0. The molecular weight excluding hydrogens is 90.1 g/mol. The zero-order valence-electron chi connectivity index (χ0n) is 4.85. The summed E-state index contributed by atoms with van der Waals surface area (Å²) in [6.07, 6.45) is 0. The summed E-state index contributed by atoms with van der Waals surface area (Å²) in [6.45, 7) is 5.97. The van der Waals surface area contributed by atoms with Gasteiger partial charge in [-0.25, -0.2) is 0 Å². The second kappa shape index (κ2) is 3.81. The highest BCUT2D eigenvalue weighted by Gasteiger charge is 1.90. The van der Waals surface area contributed by atoms with Crippen LogP contribution < -0.4 is 0 Å². The molecule has 0 bridgehead atoms. The largest absolute Gasteiger partial charge is 0.382 e. The Kier molecular flexibility index (Phi) is 3.61. The molecule has 0 fully saturated rings. The Morgan fingerprint density at radius 2 is 2.43 bits per heavy atom. The Morgan fingerprint density at radius 1 is 1.86 bits per heavy atom. The SMILES string of the molecule is C=NC(C)COC. The highest BCUT2D eigenvalue weighted by atomic mass is 16.5. The molecule has 2 heteroatoms. The second-order valence-corrected chi connectivity index (χ2v) is 1.49. The quantitative estimate of drug-likeness (QED) is 0.480. The Labute approximate surface area is 44.2 Å². The van der Waals surface area contributed by atoms with Crippen molar-refractivity contribution in [2.24, 2.45) is 4.99 Å². The zero-order chi connectivity index (χ0) is 5.70. The fraction of sp³-hybridized carbons (Fsp3) is 0.800. The standard InChI is InChI=1S/C5H11NO/c1-5(6-2)4-7-3/h5H,2,4H2,1,3H3. The van der Waals surface area contributed by atoms with E-state index in [0.717, 1.165) is 0 Å². The first-order valence-electron chi connectivity index (χ1n) is 2.26. The van der Waals surface area contributed by atoms with Gasteiger partial charge in [0, 0.05) is 7.11 Å². The van der Waals surface area contributed by atoms with Crippen molar-refractivity contribution < 1.29 is 4.74 Å². The number of methoxy groups -OCH3 is 1. The van der Waals surface area contributed by atoms with E-state index in [1.165, 1.54) is 0 Å². The highest BCUT2D eigenvalue weighted by Crippen LogP contribution is 1.84. The molecule has 0 aromatic heterocycles. The van der Waals surface area contributed by atoms with Crippen LogP contribution in [-0.4, -0.2) is 26.5 Å². The second-order valence-electron chi connectivity index (χ2n) is 1.49. The molecule has 42 valence electrons. The van der Waals surface area contributed by atoms with Crippen molar-refractivity contribution in [1.82, 2.24) is 0 Å². The minimum absolute atomic E-state index is 0.241. The first kappa shape index (κ1) is 6.63. The van der Waals surface area contributed by atoms with E-state index >= 15 is 0 Å². The fourth-order valence-electron chi connectivity index (χ4n) is 0.294. The van der Waals surface area contributed by atoms with Gasteiger partial charge < -0.3 is 4.74 Å². The predicted octanol–water partition coefficient (Wildman–Crippen LogP) is 0.722. The van der Waals surface area contributed by atoms with E-state index in [-0.39, 0.29) is 6.04 Å². The van der Waals surface area contributed by atoms with Crippen LogP contribution in [0.5, 0.6) is 0 Å². The number of nitrogens with zero attached hydrogens (tertiary/aromatic N) is 1. The highest BCUT2D eigenvalue weighted by molar-refractivity contribution is 5.23. The molecular formula is C5H11NO. The third-order valence-electron chi connectivity index (χ3n) is 0.720. The van der Waals surface area contributed by atoms with Gasteiger partial charge in [-0.2, -0.15) is 0 Å². The first-order valence-corrected chi connectivity index (χ1v) is 2.26. The summed E-state index contributed by atoms with van der Waals surface area (Å²) in [4.78, 5) is 3.70. The van der Waals surface area contributed by atoms with Crippen molar-refractivity contribution in [3.8, 4) is 0 Å². The molecule has 0 aliphatic rings. The minimum Gasteiger partial charge on any atom is -0.382 e. The smallest absolute Gasteiger partial charge is 0.0697 e. The lowest BCUT2D eigenvalue weighted by Gasteiger charge is -1.99. The van der Waals surface area contributed by atoms with E-state index < -0.39 is 0 Å². The van der Waals surface area contributed by atoms with Crippen LogP contribution in [-0.2, 0) is 4.74 Å². The molecule has 0 aliphatic heterocycles. The van der Waals surface area contributed by atoms with E-state index in [1.807, 2.05) is 6.92 Å². The summed E-state index contributed by atoms with van der Waals surface area (Å²) in [5.41, 5.74) is 0. The van der Waals surface area contributed by atoms with Crippen LogP contribution in [0.25, 0.3) is 0 Å². The maximum Gasteiger partial charge on any atom is 0.0697 e. The predicted molar refractivity (Wildman–Crippen MR) is 30.9 cm³/mol. The summed E-state index contributed by atoms with van der Waals surface area (Å²) in [5.74, 6) is 0. The average Bonchev–Trinajstić information content (AvgIpc) is 1.68. The molecule has 0 aromatic carbocycles. The molecule has 0 saturated carbocycles. The molecule has 0 aliphatic carbocycles. The van der Waals surface area contributed by atoms with Gasteiger partial charge in [0.1, 0.15) is 0 Å². The van der Waals surface area contributed by atoms with Gasteiger partial charge in [0.15, 0.2) is 0 Å². The maximum atomic E-state index is 4.76. The molecule has 1 atom stereocenters. The number of rotatable bonds is 3. The van der Waals surface area contributed by atoms with Crippen molar-refractivity contribution in [2.75, 3.05) is 13.7 Å². The van der Waals surface area contributed by atoms with Gasteiger partial charge >= 0.3 is 0 Å². The van der Waals surface area contributed by atoms with Crippen LogP contribution in [0.4, 0.5) is 0 Å². The fourth-order valence-corrected chi connectivity index (χ4v) is 0.294. The normalized spacial score (nSPS) is 13.4. The van der Waals surface area contributed by atoms with Crippen LogP contribution in [0.3, 0.4) is 0 Å². The van der Waals surface area contributed by atoms with E-state index in [9.17, 15) is 0 Å². The van der Waals surface area contributed by atoms with Crippen LogP contribution >= 0.6 is 0 Å². The van der Waals surface area contributed by atoms with E-state index in [4.69, 9.17) is 4.74 Å². The van der Waals surface area contributed by atoms with Crippen molar-refractivity contribution >= 4 is 6.72 Å². The van der Waals surface area contributed by atoms with Gasteiger partial charge in [-0.1, -0.05) is 0 Å². The third-order valence-corrected chi connectivity index (χ3v) is 0.720. The lowest BCUT2D eigenvalue weighted by atomic mass is 10.4.